The third-order valence-electron chi connectivity index (χ3n) is 6.60. The number of pyridine rings is 1. The lowest BCUT2D eigenvalue weighted by molar-refractivity contribution is -0.104. The number of hydrogen-bond donors (Lipinski definition) is 0. The van der Waals surface area contributed by atoms with Gasteiger partial charge in [-0.05, 0) is 57.1 Å². The molecule has 1 unspecified atom stereocenters. The van der Waals surface area contributed by atoms with Crippen LogP contribution in [0.3, 0.4) is 0 Å². The predicted molar refractivity (Wildman–Crippen MR) is 108 cm³/mol. The minimum Gasteiger partial charge on any atom is -0.480 e. The largest absolute Gasteiger partial charge is 0.480 e. The quantitative estimate of drug-likeness (QED) is 0.653. The molecular weight excluding hydrogens is 350 g/mol. The standard InChI is InChI=1S/C23H31N3O2/c1-27-21-17-25-19(16-26-21)8-2-4-10-22(20-9-3-7-14-24-20)13-15-28-23(18-22)11-5-6-12-23/h3,7,9,14,16-17H,2,4-6,8,10-13,15,18H2,1H3. The summed E-state index contributed by atoms with van der Waals surface area (Å²) in [7, 11) is 1.62. The summed E-state index contributed by atoms with van der Waals surface area (Å²) >= 11 is 0. The van der Waals surface area contributed by atoms with Crippen LogP contribution in [-0.2, 0) is 16.6 Å². The molecular formula is C23H31N3O2. The van der Waals surface area contributed by atoms with Crippen molar-refractivity contribution in [2.45, 2.75) is 75.2 Å². The first kappa shape index (κ1) is 19.3. The Morgan fingerprint density at radius 2 is 1.93 bits per heavy atom. The fraction of sp³-hybridized carbons (Fsp3) is 0.609. The van der Waals surface area contributed by atoms with Gasteiger partial charge in [-0.3, -0.25) is 9.97 Å². The van der Waals surface area contributed by atoms with Crippen molar-refractivity contribution in [3.63, 3.8) is 0 Å². The van der Waals surface area contributed by atoms with Crippen molar-refractivity contribution in [3.8, 4) is 5.88 Å². The molecule has 0 aromatic carbocycles. The van der Waals surface area contributed by atoms with E-state index in [0.717, 1.165) is 38.0 Å². The van der Waals surface area contributed by atoms with Crippen LogP contribution < -0.4 is 4.74 Å². The van der Waals surface area contributed by atoms with Crippen LogP contribution in [0.5, 0.6) is 5.88 Å². The number of aromatic nitrogens is 3. The molecule has 4 rings (SSSR count). The molecule has 5 nitrogen and oxygen atoms in total. The third-order valence-corrected chi connectivity index (χ3v) is 6.60. The second-order valence-electron chi connectivity index (χ2n) is 8.42. The molecule has 2 aliphatic rings. The van der Waals surface area contributed by atoms with Crippen LogP contribution in [0.25, 0.3) is 0 Å². The number of hydrogen-bond acceptors (Lipinski definition) is 5. The predicted octanol–water partition coefficient (Wildman–Crippen LogP) is 4.65. The normalized spacial score (nSPS) is 23.8. The zero-order valence-electron chi connectivity index (χ0n) is 16.9. The molecule has 2 fully saturated rings. The van der Waals surface area contributed by atoms with Gasteiger partial charge in [-0.25, -0.2) is 4.98 Å². The number of methoxy groups -OCH3 is 1. The van der Waals surface area contributed by atoms with E-state index in [1.165, 1.54) is 44.2 Å². The molecule has 150 valence electrons. The second-order valence-corrected chi connectivity index (χ2v) is 8.42. The molecule has 1 saturated heterocycles. The Balaban J connectivity index is 1.42. The maximum absolute atomic E-state index is 6.34. The molecule has 0 bridgehead atoms. The van der Waals surface area contributed by atoms with Crippen LogP contribution in [-0.4, -0.2) is 34.3 Å². The summed E-state index contributed by atoms with van der Waals surface area (Å²) in [6.07, 6.45) is 17.1. The number of rotatable bonds is 7. The number of nitrogens with zero attached hydrogens (tertiary/aromatic N) is 3. The summed E-state index contributed by atoms with van der Waals surface area (Å²) < 4.78 is 11.4. The van der Waals surface area contributed by atoms with Crippen molar-refractivity contribution in [2.24, 2.45) is 0 Å². The van der Waals surface area contributed by atoms with E-state index in [0.29, 0.717) is 5.88 Å². The first-order chi connectivity index (χ1) is 13.7. The fourth-order valence-corrected chi connectivity index (χ4v) is 5.14. The molecule has 2 aromatic rings. The Morgan fingerprint density at radius 3 is 2.64 bits per heavy atom. The molecule has 0 radical (unpaired) electrons. The van der Waals surface area contributed by atoms with Crippen molar-refractivity contribution in [1.82, 2.24) is 15.0 Å². The lowest BCUT2D eigenvalue weighted by atomic mass is 9.67. The van der Waals surface area contributed by atoms with Gasteiger partial charge in [0.05, 0.1) is 30.8 Å². The summed E-state index contributed by atoms with van der Waals surface area (Å²) in [6, 6.07) is 6.38. The highest BCUT2D eigenvalue weighted by Crippen LogP contribution is 2.50. The summed E-state index contributed by atoms with van der Waals surface area (Å²) in [4.78, 5) is 13.5. The molecule has 1 aliphatic carbocycles. The first-order valence-electron chi connectivity index (χ1n) is 10.6. The molecule has 2 aromatic heterocycles. The van der Waals surface area contributed by atoms with Crippen molar-refractivity contribution < 1.29 is 9.47 Å². The van der Waals surface area contributed by atoms with E-state index in [-0.39, 0.29) is 11.0 Å². The minimum atomic E-state index is 0.0945. The molecule has 28 heavy (non-hydrogen) atoms. The van der Waals surface area contributed by atoms with E-state index in [1.807, 2.05) is 18.5 Å². The molecule has 0 N–H and O–H groups in total. The molecule has 1 atom stereocenters. The van der Waals surface area contributed by atoms with E-state index in [4.69, 9.17) is 14.5 Å². The highest BCUT2D eigenvalue weighted by Gasteiger charge is 2.48. The zero-order valence-corrected chi connectivity index (χ0v) is 16.9. The molecule has 5 heteroatoms. The van der Waals surface area contributed by atoms with E-state index in [2.05, 4.69) is 22.1 Å². The number of unbranched alkanes of at least 4 members (excludes halogenated alkanes) is 1. The topological polar surface area (TPSA) is 57.1 Å². The average Bonchev–Trinajstić information content (AvgIpc) is 3.19. The molecule has 1 saturated carbocycles. The lowest BCUT2D eigenvalue weighted by Crippen LogP contribution is -2.46. The molecule has 0 amide bonds. The van der Waals surface area contributed by atoms with Gasteiger partial charge in [0.15, 0.2) is 0 Å². The fourth-order valence-electron chi connectivity index (χ4n) is 5.14. The van der Waals surface area contributed by atoms with Crippen LogP contribution in [0.2, 0.25) is 0 Å². The summed E-state index contributed by atoms with van der Waals surface area (Å²) in [5.41, 5.74) is 2.54. The van der Waals surface area contributed by atoms with Gasteiger partial charge in [0.25, 0.3) is 0 Å². The molecule has 3 heterocycles. The zero-order chi connectivity index (χ0) is 19.3. The van der Waals surface area contributed by atoms with Crippen LogP contribution in [0, 0.1) is 0 Å². The number of ether oxygens (including phenoxy) is 2. The highest BCUT2D eigenvalue weighted by molar-refractivity contribution is 5.20. The van der Waals surface area contributed by atoms with Gasteiger partial charge in [0.1, 0.15) is 0 Å². The maximum Gasteiger partial charge on any atom is 0.231 e. The van der Waals surface area contributed by atoms with Gasteiger partial charge < -0.3 is 9.47 Å². The monoisotopic (exact) mass is 381 g/mol. The van der Waals surface area contributed by atoms with Crippen molar-refractivity contribution >= 4 is 0 Å². The van der Waals surface area contributed by atoms with Gasteiger partial charge in [0.2, 0.25) is 5.88 Å². The second kappa shape index (κ2) is 8.56. The van der Waals surface area contributed by atoms with Crippen LogP contribution in [0.4, 0.5) is 0 Å². The van der Waals surface area contributed by atoms with Crippen LogP contribution in [0.1, 0.15) is 69.2 Å². The Kier molecular flexibility index (Phi) is 5.90. The molecule has 1 spiro atoms. The van der Waals surface area contributed by atoms with E-state index >= 15 is 0 Å². The van der Waals surface area contributed by atoms with Gasteiger partial charge in [0, 0.05) is 23.9 Å². The first-order valence-corrected chi connectivity index (χ1v) is 10.6. The lowest BCUT2D eigenvalue weighted by Gasteiger charge is -2.46. The van der Waals surface area contributed by atoms with Gasteiger partial charge in [-0.1, -0.05) is 25.3 Å². The summed E-state index contributed by atoms with van der Waals surface area (Å²) in [5.74, 6) is 0.571. The van der Waals surface area contributed by atoms with Crippen LogP contribution >= 0.6 is 0 Å². The minimum absolute atomic E-state index is 0.0945. The number of aryl methyl sites for hydroxylation is 1. The molecule has 1 aliphatic heterocycles. The van der Waals surface area contributed by atoms with E-state index in [9.17, 15) is 0 Å². The summed E-state index contributed by atoms with van der Waals surface area (Å²) in [5, 5.41) is 0. The SMILES string of the molecule is COc1cnc(CCCCC2(c3ccccn3)CCOC3(CCCC3)C2)cn1. The Labute approximate surface area is 167 Å². The van der Waals surface area contributed by atoms with Gasteiger partial charge in [-0.15, -0.1) is 0 Å². The third kappa shape index (κ3) is 4.19. The highest BCUT2D eigenvalue weighted by atomic mass is 16.5. The Morgan fingerprint density at radius 1 is 1.04 bits per heavy atom. The smallest absolute Gasteiger partial charge is 0.231 e. The van der Waals surface area contributed by atoms with Crippen molar-refractivity contribution in [3.05, 3.63) is 48.2 Å². The average molecular weight is 382 g/mol. The summed E-state index contributed by atoms with van der Waals surface area (Å²) in [6.45, 7) is 0.862. The van der Waals surface area contributed by atoms with Crippen LogP contribution in [0.15, 0.2) is 36.8 Å². The van der Waals surface area contributed by atoms with E-state index in [1.54, 1.807) is 13.3 Å². The Hall–Kier alpha value is -2.01. The maximum atomic E-state index is 6.34. The van der Waals surface area contributed by atoms with E-state index < -0.39 is 0 Å². The Bertz CT molecular complexity index is 744. The van der Waals surface area contributed by atoms with Gasteiger partial charge in [-0.2, -0.15) is 0 Å². The van der Waals surface area contributed by atoms with Crippen molar-refractivity contribution in [1.29, 1.82) is 0 Å². The van der Waals surface area contributed by atoms with Gasteiger partial charge >= 0.3 is 0 Å². The van der Waals surface area contributed by atoms with Crippen molar-refractivity contribution in [2.75, 3.05) is 13.7 Å².